The highest BCUT2D eigenvalue weighted by Crippen LogP contribution is 2.24. The Balaban J connectivity index is 1.91. The zero-order valence-corrected chi connectivity index (χ0v) is 15.8. The molecule has 0 aliphatic heterocycles. The van der Waals surface area contributed by atoms with Crippen molar-refractivity contribution < 1.29 is 4.79 Å². The predicted octanol–water partition coefficient (Wildman–Crippen LogP) is 5.63. The van der Waals surface area contributed by atoms with E-state index in [0.29, 0.717) is 6.42 Å². The summed E-state index contributed by atoms with van der Waals surface area (Å²) in [7, 11) is 0. The molecule has 0 unspecified atom stereocenters. The summed E-state index contributed by atoms with van der Waals surface area (Å²) in [6.45, 7) is 8.64. The van der Waals surface area contributed by atoms with Crippen LogP contribution in [0.25, 0.3) is 0 Å². The SMILES string of the molecule is Cc1ccc(NC(=O)CCc2ccc(C(C)(C)C)cc2)c(Br)c1. The van der Waals surface area contributed by atoms with Crippen molar-refractivity contribution >= 4 is 27.5 Å². The number of benzene rings is 2. The van der Waals surface area contributed by atoms with Crippen molar-refractivity contribution in [3.63, 3.8) is 0 Å². The molecule has 2 rings (SSSR count). The van der Waals surface area contributed by atoms with Crippen molar-refractivity contribution in [1.82, 2.24) is 0 Å². The number of amides is 1. The van der Waals surface area contributed by atoms with E-state index in [1.54, 1.807) is 0 Å². The van der Waals surface area contributed by atoms with Crippen molar-refractivity contribution in [3.05, 3.63) is 63.6 Å². The molecule has 0 radical (unpaired) electrons. The zero-order chi connectivity index (χ0) is 17.0. The molecule has 3 heteroatoms. The van der Waals surface area contributed by atoms with Gasteiger partial charge in [0.2, 0.25) is 5.91 Å². The minimum absolute atomic E-state index is 0.0365. The molecule has 2 nitrogen and oxygen atoms in total. The summed E-state index contributed by atoms with van der Waals surface area (Å²) in [5.41, 5.74) is 4.65. The average molecular weight is 374 g/mol. The summed E-state index contributed by atoms with van der Waals surface area (Å²) in [5, 5.41) is 2.96. The van der Waals surface area contributed by atoms with Crippen LogP contribution in [-0.2, 0) is 16.6 Å². The van der Waals surface area contributed by atoms with Crippen LogP contribution < -0.4 is 5.32 Å². The zero-order valence-electron chi connectivity index (χ0n) is 14.2. The Labute approximate surface area is 147 Å². The Morgan fingerprint density at radius 3 is 2.30 bits per heavy atom. The van der Waals surface area contributed by atoms with Crippen LogP contribution in [0.2, 0.25) is 0 Å². The number of hydrogen-bond donors (Lipinski definition) is 1. The Morgan fingerprint density at radius 1 is 1.09 bits per heavy atom. The number of carbonyl (C=O) groups excluding carboxylic acids is 1. The van der Waals surface area contributed by atoms with E-state index in [1.807, 2.05) is 25.1 Å². The number of rotatable bonds is 4. The Morgan fingerprint density at radius 2 is 1.74 bits per heavy atom. The highest BCUT2D eigenvalue weighted by Gasteiger charge is 2.13. The number of aryl methyl sites for hydroxylation is 2. The van der Waals surface area contributed by atoms with Gasteiger partial charge in [-0.05, 0) is 63.5 Å². The van der Waals surface area contributed by atoms with Gasteiger partial charge in [0.15, 0.2) is 0 Å². The van der Waals surface area contributed by atoms with Gasteiger partial charge in [-0.1, -0.05) is 51.1 Å². The molecule has 23 heavy (non-hydrogen) atoms. The molecule has 122 valence electrons. The molecule has 1 amide bonds. The number of halogens is 1. The first-order valence-electron chi connectivity index (χ1n) is 7.91. The van der Waals surface area contributed by atoms with Gasteiger partial charge in [0.05, 0.1) is 5.69 Å². The predicted molar refractivity (Wildman–Crippen MR) is 101 cm³/mol. The van der Waals surface area contributed by atoms with E-state index >= 15 is 0 Å². The third-order valence-corrected chi connectivity index (χ3v) is 4.52. The van der Waals surface area contributed by atoms with Crippen LogP contribution in [0, 0.1) is 6.92 Å². The van der Waals surface area contributed by atoms with Crippen molar-refractivity contribution in [2.24, 2.45) is 0 Å². The molecule has 0 spiro atoms. The highest BCUT2D eigenvalue weighted by atomic mass is 79.9. The van der Waals surface area contributed by atoms with Gasteiger partial charge in [0.1, 0.15) is 0 Å². The summed E-state index contributed by atoms with van der Waals surface area (Å²) >= 11 is 3.48. The minimum Gasteiger partial charge on any atom is -0.325 e. The van der Waals surface area contributed by atoms with E-state index in [0.717, 1.165) is 22.1 Å². The fourth-order valence-electron chi connectivity index (χ4n) is 2.36. The monoisotopic (exact) mass is 373 g/mol. The molecule has 0 aliphatic rings. The van der Waals surface area contributed by atoms with Crippen molar-refractivity contribution in [1.29, 1.82) is 0 Å². The summed E-state index contributed by atoms with van der Waals surface area (Å²) < 4.78 is 0.917. The second-order valence-corrected chi connectivity index (χ2v) is 7.83. The Bertz CT molecular complexity index is 684. The second-order valence-electron chi connectivity index (χ2n) is 6.98. The lowest BCUT2D eigenvalue weighted by Gasteiger charge is -2.19. The molecule has 0 aliphatic carbocycles. The maximum atomic E-state index is 12.1. The van der Waals surface area contributed by atoms with Crippen LogP contribution in [-0.4, -0.2) is 5.91 Å². The van der Waals surface area contributed by atoms with Crippen LogP contribution in [0.3, 0.4) is 0 Å². The molecule has 1 N–H and O–H groups in total. The van der Waals surface area contributed by atoms with Crippen molar-refractivity contribution in [2.75, 3.05) is 5.32 Å². The topological polar surface area (TPSA) is 29.1 Å². The summed E-state index contributed by atoms with van der Waals surface area (Å²) in [6.07, 6.45) is 1.23. The lowest BCUT2D eigenvalue weighted by molar-refractivity contribution is -0.116. The molecular formula is C20H24BrNO. The van der Waals surface area contributed by atoms with Gasteiger partial charge in [0.25, 0.3) is 0 Å². The molecular weight excluding hydrogens is 350 g/mol. The minimum atomic E-state index is 0.0365. The maximum Gasteiger partial charge on any atom is 0.224 e. The van der Waals surface area contributed by atoms with Gasteiger partial charge < -0.3 is 5.32 Å². The van der Waals surface area contributed by atoms with Crippen LogP contribution in [0.1, 0.15) is 43.9 Å². The third-order valence-electron chi connectivity index (χ3n) is 3.86. The van der Waals surface area contributed by atoms with Gasteiger partial charge in [-0.25, -0.2) is 0 Å². The van der Waals surface area contributed by atoms with E-state index in [-0.39, 0.29) is 11.3 Å². The van der Waals surface area contributed by atoms with Gasteiger partial charge in [-0.15, -0.1) is 0 Å². The van der Waals surface area contributed by atoms with E-state index in [1.165, 1.54) is 11.1 Å². The number of carbonyl (C=O) groups is 1. The normalized spacial score (nSPS) is 11.3. The van der Waals surface area contributed by atoms with Crippen LogP contribution in [0.5, 0.6) is 0 Å². The third kappa shape index (κ3) is 5.21. The molecule has 0 saturated heterocycles. The average Bonchev–Trinajstić information content (AvgIpc) is 2.47. The fraction of sp³-hybridized carbons (Fsp3) is 0.350. The number of hydrogen-bond acceptors (Lipinski definition) is 1. The lowest BCUT2D eigenvalue weighted by Crippen LogP contribution is -2.13. The number of anilines is 1. The van der Waals surface area contributed by atoms with Crippen LogP contribution in [0.4, 0.5) is 5.69 Å². The van der Waals surface area contributed by atoms with E-state index in [2.05, 4.69) is 66.3 Å². The fourth-order valence-corrected chi connectivity index (χ4v) is 2.96. The highest BCUT2D eigenvalue weighted by molar-refractivity contribution is 9.10. The molecule has 0 saturated carbocycles. The molecule has 0 bridgehead atoms. The summed E-state index contributed by atoms with van der Waals surface area (Å²) in [5.74, 6) is 0.0365. The van der Waals surface area contributed by atoms with Crippen molar-refractivity contribution in [2.45, 2.75) is 46.0 Å². The van der Waals surface area contributed by atoms with Crippen molar-refractivity contribution in [3.8, 4) is 0 Å². The van der Waals surface area contributed by atoms with E-state index < -0.39 is 0 Å². The Hall–Kier alpha value is -1.61. The molecule has 0 fully saturated rings. The van der Waals surface area contributed by atoms with Crippen LogP contribution >= 0.6 is 15.9 Å². The summed E-state index contributed by atoms with van der Waals surface area (Å²) in [6, 6.07) is 14.5. The molecule has 2 aromatic carbocycles. The molecule has 2 aromatic rings. The van der Waals surface area contributed by atoms with E-state index in [9.17, 15) is 4.79 Å². The molecule has 0 atom stereocenters. The smallest absolute Gasteiger partial charge is 0.224 e. The van der Waals surface area contributed by atoms with Gasteiger partial charge in [-0.2, -0.15) is 0 Å². The Kier molecular flexibility index (Phi) is 5.64. The largest absolute Gasteiger partial charge is 0.325 e. The second kappa shape index (κ2) is 7.31. The maximum absolute atomic E-state index is 12.1. The molecule has 0 heterocycles. The van der Waals surface area contributed by atoms with E-state index in [4.69, 9.17) is 0 Å². The first-order chi connectivity index (χ1) is 10.8. The van der Waals surface area contributed by atoms with Gasteiger partial charge in [0, 0.05) is 10.9 Å². The molecule has 0 aromatic heterocycles. The first kappa shape index (κ1) is 17.7. The van der Waals surface area contributed by atoms with Crippen LogP contribution in [0.15, 0.2) is 46.9 Å². The summed E-state index contributed by atoms with van der Waals surface area (Å²) in [4.78, 5) is 12.1. The number of nitrogens with one attached hydrogen (secondary N) is 1. The standard InChI is InChI=1S/C20H24BrNO/c1-14-5-11-18(17(21)13-14)22-19(23)12-8-15-6-9-16(10-7-15)20(2,3)4/h5-7,9-11,13H,8,12H2,1-4H3,(H,22,23). The van der Waals surface area contributed by atoms with Gasteiger partial charge in [-0.3, -0.25) is 4.79 Å². The first-order valence-corrected chi connectivity index (χ1v) is 8.70. The van der Waals surface area contributed by atoms with Gasteiger partial charge >= 0.3 is 0 Å². The quantitative estimate of drug-likeness (QED) is 0.739. The lowest BCUT2D eigenvalue weighted by atomic mass is 9.86.